The van der Waals surface area contributed by atoms with E-state index in [-0.39, 0.29) is 5.91 Å². The van der Waals surface area contributed by atoms with Crippen LogP contribution in [0.25, 0.3) is 5.65 Å². The van der Waals surface area contributed by atoms with Gasteiger partial charge in [-0.25, -0.2) is 0 Å². The largest absolute Gasteiger partial charge is 0.322 e. The molecule has 0 spiro atoms. The van der Waals surface area contributed by atoms with Gasteiger partial charge in [0.1, 0.15) is 5.82 Å². The smallest absolute Gasteiger partial charge is 0.259 e. The third-order valence-electron chi connectivity index (χ3n) is 4.44. The Morgan fingerprint density at radius 1 is 1.12 bits per heavy atom. The molecule has 1 N–H and O–H groups in total. The highest BCUT2D eigenvalue weighted by Crippen LogP contribution is 2.15. The molecule has 0 aliphatic rings. The Bertz CT molecular complexity index is 1080. The minimum atomic E-state index is -0.160. The Balaban J connectivity index is 1.48. The van der Waals surface area contributed by atoms with E-state index >= 15 is 0 Å². The quantitative estimate of drug-likeness (QED) is 0.616. The van der Waals surface area contributed by atoms with Crippen LogP contribution in [0.15, 0.2) is 54.9 Å². The highest BCUT2D eigenvalue weighted by molar-refractivity contribution is 6.04. The number of fused-ring (bicyclic) bond motifs is 1. The summed E-state index contributed by atoms with van der Waals surface area (Å²) >= 11 is 0. The number of nitrogens with one attached hydrogen (secondary N) is 1. The summed E-state index contributed by atoms with van der Waals surface area (Å²) in [6.07, 6.45) is 4.20. The van der Waals surface area contributed by atoms with Crippen molar-refractivity contribution in [2.45, 2.75) is 13.3 Å². The van der Waals surface area contributed by atoms with Gasteiger partial charge in [-0.2, -0.15) is 5.10 Å². The van der Waals surface area contributed by atoms with Gasteiger partial charge in [-0.1, -0.05) is 18.2 Å². The van der Waals surface area contributed by atoms with Crippen molar-refractivity contribution in [3.8, 4) is 0 Å². The lowest BCUT2D eigenvalue weighted by Crippen LogP contribution is -2.13. The van der Waals surface area contributed by atoms with Crippen molar-refractivity contribution < 1.29 is 4.79 Å². The van der Waals surface area contributed by atoms with E-state index in [1.807, 2.05) is 67.0 Å². The van der Waals surface area contributed by atoms with E-state index in [2.05, 4.69) is 20.6 Å². The number of rotatable bonds is 4. The summed E-state index contributed by atoms with van der Waals surface area (Å²) in [6, 6.07) is 13.6. The summed E-state index contributed by atoms with van der Waals surface area (Å²) < 4.78 is 3.65. The molecule has 3 aromatic heterocycles. The molecule has 0 radical (unpaired) electrons. The first kappa shape index (κ1) is 16.0. The van der Waals surface area contributed by atoms with Crippen LogP contribution in [0.4, 0.5) is 5.69 Å². The number of benzene rings is 1. The maximum Gasteiger partial charge on any atom is 0.259 e. The van der Waals surface area contributed by atoms with Crippen LogP contribution < -0.4 is 5.32 Å². The molecular weight excluding hydrogens is 328 g/mol. The monoisotopic (exact) mass is 346 g/mol. The number of nitrogens with zero attached hydrogens (tertiary/aromatic N) is 5. The molecule has 0 bridgehead atoms. The molecule has 0 unspecified atom stereocenters. The fraction of sp³-hybridized carbons (Fsp3) is 0.158. The maximum absolute atomic E-state index is 12.3. The number of anilines is 1. The van der Waals surface area contributed by atoms with Crippen LogP contribution in [0.1, 0.15) is 27.4 Å². The Kier molecular flexibility index (Phi) is 3.96. The van der Waals surface area contributed by atoms with E-state index < -0.39 is 0 Å². The Morgan fingerprint density at radius 2 is 1.92 bits per heavy atom. The molecule has 130 valence electrons. The molecule has 1 amide bonds. The number of amides is 1. The van der Waals surface area contributed by atoms with Gasteiger partial charge in [0.2, 0.25) is 0 Å². The minimum Gasteiger partial charge on any atom is -0.322 e. The van der Waals surface area contributed by atoms with Gasteiger partial charge in [-0.05, 0) is 36.8 Å². The molecule has 4 aromatic rings. The number of aryl methyl sites for hydroxylation is 1. The van der Waals surface area contributed by atoms with Crippen molar-refractivity contribution in [2.24, 2.45) is 7.05 Å². The molecule has 0 atom stereocenters. The Hall–Kier alpha value is -3.48. The van der Waals surface area contributed by atoms with Gasteiger partial charge in [0.15, 0.2) is 5.65 Å². The molecule has 7 nitrogen and oxygen atoms in total. The molecule has 0 aliphatic heterocycles. The van der Waals surface area contributed by atoms with Gasteiger partial charge < -0.3 is 5.32 Å². The first-order valence-corrected chi connectivity index (χ1v) is 8.29. The first-order chi connectivity index (χ1) is 12.6. The SMILES string of the molecule is Cc1c(C(=O)Nc2ccc(Cc3nnc4ccccn34)cc2)cnn1C. The highest BCUT2D eigenvalue weighted by Gasteiger charge is 2.13. The van der Waals surface area contributed by atoms with Crippen LogP contribution in [0.2, 0.25) is 0 Å². The summed E-state index contributed by atoms with van der Waals surface area (Å²) in [5, 5.41) is 15.4. The molecule has 3 heterocycles. The lowest BCUT2D eigenvalue weighted by molar-refractivity contribution is 0.102. The molecular formula is C19H18N6O. The Labute approximate surface area is 150 Å². The Morgan fingerprint density at radius 3 is 2.65 bits per heavy atom. The highest BCUT2D eigenvalue weighted by atomic mass is 16.1. The maximum atomic E-state index is 12.3. The predicted molar refractivity (Wildman–Crippen MR) is 98.1 cm³/mol. The first-order valence-electron chi connectivity index (χ1n) is 8.29. The second-order valence-electron chi connectivity index (χ2n) is 6.14. The predicted octanol–water partition coefficient (Wildman–Crippen LogP) is 2.61. The summed E-state index contributed by atoms with van der Waals surface area (Å²) in [6.45, 7) is 1.87. The van der Waals surface area contributed by atoms with Crippen LogP contribution in [0.3, 0.4) is 0 Å². The van der Waals surface area contributed by atoms with Crippen molar-refractivity contribution in [3.63, 3.8) is 0 Å². The summed E-state index contributed by atoms with van der Waals surface area (Å²) in [4.78, 5) is 12.3. The van der Waals surface area contributed by atoms with Gasteiger partial charge >= 0.3 is 0 Å². The van der Waals surface area contributed by atoms with Crippen molar-refractivity contribution in [2.75, 3.05) is 5.32 Å². The molecule has 7 heteroatoms. The number of pyridine rings is 1. The van der Waals surface area contributed by atoms with Gasteiger partial charge in [0, 0.05) is 31.0 Å². The van der Waals surface area contributed by atoms with Crippen LogP contribution >= 0.6 is 0 Å². The van der Waals surface area contributed by atoms with E-state index in [0.717, 1.165) is 28.4 Å². The zero-order valence-electron chi connectivity index (χ0n) is 14.5. The number of hydrogen-bond acceptors (Lipinski definition) is 4. The van der Waals surface area contributed by atoms with Crippen LogP contribution in [-0.4, -0.2) is 30.3 Å². The molecule has 1 aromatic carbocycles. The second kappa shape index (κ2) is 6.44. The third kappa shape index (κ3) is 2.95. The normalized spacial score (nSPS) is 11.0. The fourth-order valence-corrected chi connectivity index (χ4v) is 2.82. The molecule has 0 saturated carbocycles. The van der Waals surface area contributed by atoms with Gasteiger partial charge in [-0.3, -0.25) is 13.9 Å². The average Bonchev–Trinajstić information content (AvgIpc) is 3.21. The zero-order valence-corrected chi connectivity index (χ0v) is 14.5. The molecule has 0 fully saturated rings. The van der Waals surface area contributed by atoms with Crippen molar-refractivity contribution in [3.05, 3.63) is 77.5 Å². The molecule has 26 heavy (non-hydrogen) atoms. The standard InChI is InChI=1S/C19H18N6O/c1-13-16(12-20-24(13)2)19(26)21-15-8-6-14(7-9-15)11-18-23-22-17-5-3-4-10-25(17)18/h3-10,12H,11H2,1-2H3,(H,21,26). The van der Waals surface area contributed by atoms with Crippen molar-refractivity contribution in [1.29, 1.82) is 0 Å². The zero-order chi connectivity index (χ0) is 18.1. The van der Waals surface area contributed by atoms with E-state index in [4.69, 9.17) is 0 Å². The van der Waals surface area contributed by atoms with Gasteiger partial charge in [0.05, 0.1) is 11.8 Å². The molecule has 4 rings (SSSR count). The van der Waals surface area contributed by atoms with Crippen molar-refractivity contribution in [1.82, 2.24) is 24.4 Å². The molecule has 0 saturated heterocycles. The number of hydrogen-bond donors (Lipinski definition) is 1. The summed E-state index contributed by atoms with van der Waals surface area (Å²) in [5.41, 5.74) is 4.08. The fourth-order valence-electron chi connectivity index (χ4n) is 2.82. The molecule has 0 aliphatic carbocycles. The van der Waals surface area contributed by atoms with Crippen LogP contribution in [-0.2, 0) is 13.5 Å². The topological polar surface area (TPSA) is 77.1 Å². The number of carbonyl (C=O) groups is 1. The summed E-state index contributed by atoms with van der Waals surface area (Å²) in [5.74, 6) is 0.718. The van der Waals surface area contributed by atoms with Crippen molar-refractivity contribution >= 4 is 17.2 Å². The summed E-state index contributed by atoms with van der Waals surface area (Å²) in [7, 11) is 1.81. The second-order valence-corrected chi connectivity index (χ2v) is 6.14. The van der Waals surface area contributed by atoms with E-state index in [9.17, 15) is 4.79 Å². The van der Waals surface area contributed by atoms with E-state index in [1.165, 1.54) is 0 Å². The van der Waals surface area contributed by atoms with E-state index in [0.29, 0.717) is 12.0 Å². The minimum absolute atomic E-state index is 0.160. The average molecular weight is 346 g/mol. The van der Waals surface area contributed by atoms with Gasteiger partial charge in [-0.15, -0.1) is 10.2 Å². The lowest BCUT2D eigenvalue weighted by Gasteiger charge is -2.06. The van der Waals surface area contributed by atoms with Crippen LogP contribution in [0.5, 0.6) is 0 Å². The van der Waals surface area contributed by atoms with Gasteiger partial charge in [0.25, 0.3) is 5.91 Å². The number of carbonyl (C=O) groups excluding carboxylic acids is 1. The third-order valence-corrected chi connectivity index (χ3v) is 4.44. The van der Waals surface area contributed by atoms with Crippen LogP contribution in [0, 0.1) is 6.92 Å². The number of aromatic nitrogens is 5. The van der Waals surface area contributed by atoms with E-state index in [1.54, 1.807) is 10.9 Å². The lowest BCUT2D eigenvalue weighted by atomic mass is 10.1.